The van der Waals surface area contributed by atoms with Gasteiger partial charge in [0.25, 0.3) is 0 Å². The lowest BCUT2D eigenvalue weighted by Gasteiger charge is -2.29. The van der Waals surface area contributed by atoms with Crippen LogP contribution in [0.3, 0.4) is 0 Å². The Morgan fingerprint density at radius 1 is 1.18 bits per heavy atom. The fourth-order valence-electron chi connectivity index (χ4n) is 2.21. The zero-order chi connectivity index (χ0) is 12.7. The van der Waals surface area contributed by atoms with E-state index in [0.29, 0.717) is 0 Å². The van der Waals surface area contributed by atoms with Gasteiger partial charge in [0.2, 0.25) is 0 Å². The van der Waals surface area contributed by atoms with Crippen LogP contribution in [0, 0.1) is 5.92 Å². The van der Waals surface area contributed by atoms with Crippen LogP contribution in [-0.4, -0.2) is 50.3 Å². The van der Waals surface area contributed by atoms with Crippen molar-refractivity contribution in [2.24, 2.45) is 5.92 Å². The van der Waals surface area contributed by atoms with Gasteiger partial charge in [-0.25, -0.2) is 0 Å². The van der Waals surface area contributed by atoms with Gasteiger partial charge in [-0.3, -0.25) is 0 Å². The molecule has 1 N–H and O–H groups in total. The van der Waals surface area contributed by atoms with Gasteiger partial charge in [-0.1, -0.05) is 0 Å². The number of nitrogens with zero attached hydrogens (tertiary/aromatic N) is 1. The predicted molar refractivity (Wildman–Crippen MR) is 73.4 cm³/mol. The van der Waals surface area contributed by atoms with Crippen molar-refractivity contribution >= 4 is 0 Å². The van der Waals surface area contributed by atoms with E-state index in [4.69, 9.17) is 4.74 Å². The van der Waals surface area contributed by atoms with Crippen LogP contribution >= 0.6 is 0 Å². The lowest BCUT2D eigenvalue weighted by molar-refractivity contribution is -0.000870. The Kier molecular flexibility index (Phi) is 6.45. The first-order valence-corrected chi connectivity index (χ1v) is 7.00. The van der Waals surface area contributed by atoms with Crippen LogP contribution in [0.15, 0.2) is 0 Å². The second-order valence-electron chi connectivity index (χ2n) is 6.25. The van der Waals surface area contributed by atoms with Crippen molar-refractivity contribution in [3.05, 3.63) is 0 Å². The Hall–Kier alpha value is -0.120. The van der Waals surface area contributed by atoms with Gasteiger partial charge in [-0.15, -0.1) is 0 Å². The second kappa shape index (κ2) is 7.34. The Bertz CT molecular complexity index is 193. The number of hydrogen-bond acceptors (Lipinski definition) is 3. The zero-order valence-corrected chi connectivity index (χ0v) is 12.1. The molecular weight excluding hydrogens is 212 g/mol. The summed E-state index contributed by atoms with van der Waals surface area (Å²) in [5, 5.41) is 3.48. The molecule has 0 bridgehead atoms. The topological polar surface area (TPSA) is 24.5 Å². The average Bonchev–Trinajstić information content (AvgIpc) is 2.24. The van der Waals surface area contributed by atoms with Crippen LogP contribution in [0.4, 0.5) is 0 Å². The quantitative estimate of drug-likeness (QED) is 0.722. The Morgan fingerprint density at radius 3 is 2.41 bits per heavy atom. The largest absolute Gasteiger partial charge is 0.375 e. The van der Waals surface area contributed by atoms with E-state index in [9.17, 15) is 0 Å². The molecule has 3 heteroatoms. The molecule has 0 aromatic rings. The molecule has 1 fully saturated rings. The highest BCUT2D eigenvalue weighted by Crippen LogP contribution is 2.18. The van der Waals surface area contributed by atoms with Crippen LogP contribution in [0.5, 0.6) is 0 Å². The maximum Gasteiger partial charge on any atom is 0.0599 e. The fraction of sp³-hybridized carbons (Fsp3) is 1.00. The number of piperidine rings is 1. The van der Waals surface area contributed by atoms with Crippen molar-refractivity contribution in [2.75, 3.05) is 39.8 Å². The first-order chi connectivity index (χ1) is 7.97. The summed E-state index contributed by atoms with van der Waals surface area (Å²) >= 11 is 0. The molecular formula is C14H30N2O. The lowest BCUT2D eigenvalue weighted by Crippen LogP contribution is -2.32. The van der Waals surface area contributed by atoms with E-state index in [1.54, 1.807) is 0 Å². The van der Waals surface area contributed by atoms with Gasteiger partial charge in [-0.05, 0) is 72.6 Å². The molecule has 0 aliphatic carbocycles. The number of ether oxygens (including phenoxy) is 1. The summed E-state index contributed by atoms with van der Waals surface area (Å²) in [6.07, 6.45) is 4.07. The molecule has 0 aromatic carbocycles. The average molecular weight is 242 g/mol. The first-order valence-electron chi connectivity index (χ1n) is 7.00. The van der Waals surface area contributed by atoms with Gasteiger partial charge in [0, 0.05) is 6.54 Å². The number of likely N-dealkylation sites (tertiary alicyclic amines) is 1. The van der Waals surface area contributed by atoms with E-state index in [1.165, 1.54) is 32.4 Å². The molecule has 1 aliphatic heterocycles. The number of hydrogen-bond donors (Lipinski definition) is 1. The molecule has 0 amide bonds. The van der Waals surface area contributed by atoms with Gasteiger partial charge < -0.3 is 15.0 Å². The van der Waals surface area contributed by atoms with Crippen LogP contribution in [0.1, 0.15) is 40.0 Å². The van der Waals surface area contributed by atoms with Crippen LogP contribution in [0.2, 0.25) is 0 Å². The van der Waals surface area contributed by atoms with Gasteiger partial charge >= 0.3 is 0 Å². The predicted octanol–water partition coefficient (Wildman–Crippen LogP) is 2.12. The van der Waals surface area contributed by atoms with Crippen molar-refractivity contribution in [1.82, 2.24) is 10.2 Å². The molecule has 0 saturated carbocycles. The van der Waals surface area contributed by atoms with Gasteiger partial charge in [-0.2, -0.15) is 0 Å². The highest BCUT2D eigenvalue weighted by atomic mass is 16.5. The molecule has 3 nitrogen and oxygen atoms in total. The van der Waals surface area contributed by atoms with Crippen LogP contribution in [-0.2, 0) is 4.74 Å². The van der Waals surface area contributed by atoms with E-state index in [2.05, 4.69) is 38.0 Å². The normalized spacial score (nSPS) is 19.8. The molecule has 102 valence electrons. The summed E-state index contributed by atoms with van der Waals surface area (Å²) in [6.45, 7) is 11.8. The van der Waals surface area contributed by atoms with Gasteiger partial charge in [0.05, 0.1) is 12.2 Å². The lowest BCUT2D eigenvalue weighted by atomic mass is 9.94. The van der Waals surface area contributed by atoms with Crippen LogP contribution in [0.25, 0.3) is 0 Å². The molecule has 17 heavy (non-hydrogen) atoms. The third-order valence-electron chi connectivity index (χ3n) is 3.38. The van der Waals surface area contributed by atoms with E-state index in [1.807, 2.05) is 0 Å². The van der Waals surface area contributed by atoms with E-state index < -0.39 is 0 Å². The minimum Gasteiger partial charge on any atom is -0.375 e. The van der Waals surface area contributed by atoms with Crippen molar-refractivity contribution < 1.29 is 4.74 Å². The Balaban J connectivity index is 1.91. The summed E-state index contributed by atoms with van der Waals surface area (Å²) in [7, 11) is 2.22. The smallest absolute Gasteiger partial charge is 0.0599 e. The van der Waals surface area contributed by atoms with Crippen molar-refractivity contribution in [3.63, 3.8) is 0 Å². The molecule has 0 spiro atoms. The number of nitrogens with one attached hydrogen (secondary N) is 1. The highest BCUT2D eigenvalue weighted by molar-refractivity contribution is 4.70. The fourth-order valence-corrected chi connectivity index (χ4v) is 2.21. The van der Waals surface area contributed by atoms with E-state index >= 15 is 0 Å². The maximum atomic E-state index is 5.67. The Morgan fingerprint density at radius 2 is 1.82 bits per heavy atom. The molecule has 0 radical (unpaired) electrons. The summed E-state index contributed by atoms with van der Waals surface area (Å²) in [4.78, 5) is 2.43. The summed E-state index contributed by atoms with van der Waals surface area (Å²) in [6, 6.07) is 0. The van der Waals surface area contributed by atoms with Crippen molar-refractivity contribution in [1.29, 1.82) is 0 Å². The third-order valence-corrected chi connectivity index (χ3v) is 3.38. The minimum atomic E-state index is -0.00433. The zero-order valence-electron chi connectivity index (χ0n) is 12.1. The molecule has 1 heterocycles. The highest BCUT2D eigenvalue weighted by Gasteiger charge is 2.15. The molecule has 0 atom stereocenters. The van der Waals surface area contributed by atoms with Gasteiger partial charge in [0.15, 0.2) is 0 Å². The van der Waals surface area contributed by atoms with Crippen molar-refractivity contribution in [3.8, 4) is 0 Å². The van der Waals surface area contributed by atoms with E-state index in [0.717, 1.165) is 25.6 Å². The molecule has 1 rings (SSSR count). The summed E-state index contributed by atoms with van der Waals surface area (Å²) < 4.78 is 5.67. The van der Waals surface area contributed by atoms with Crippen molar-refractivity contribution in [2.45, 2.75) is 45.6 Å². The van der Waals surface area contributed by atoms with Gasteiger partial charge in [0.1, 0.15) is 0 Å². The first kappa shape index (κ1) is 14.9. The molecule has 1 aliphatic rings. The molecule has 0 aromatic heterocycles. The van der Waals surface area contributed by atoms with Crippen LogP contribution < -0.4 is 5.32 Å². The SMILES string of the molecule is CN1CCC(CCNCCOC(C)(C)C)CC1. The third kappa shape index (κ3) is 7.74. The maximum absolute atomic E-state index is 5.67. The Labute approximate surface area is 107 Å². The summed E-state index contributed by atoms with van der Waals surface area (Å²) in [5.41, 5.74) is -0.00433. The van der Waals surface area contributed by atoms with E-state index in [-0.39, 0.29) is 5.60 Å². The summed E-state index contributed by atoms with van der Waals surface area (Å²) in [5.74, 6) is 0.933. The monoisotopic (exact) mass is 242 g/mol. The second-order valence-corrected chi connectivity index (χ2v) is 6.25. The minimum absolute atomic E-state index is 0.00433. The standard InChI is InChI=1S/C14H30N2O/c1-14(2,3)17-12-9-15-8-5-13-6-10-16(4)11-7-13/h13,15H,5-12H2,1-4H3. The molecule has 1 saturated heterocycles. The molecule has 0 unspecified atom stereocenters. The number of rotatable bonds is 6.